The molecule has 1 saturated heterocycles. The second-order valence-electron chi connectivity index (χ2n) is 7.31. The maximum Gasteiger partial charge on any atom is 0.254 e. The fraction of sp³-hybridized carbons (Fsp3) is 0.526. The zero-order valence-electron chi connectivity index (χ0n) is 16.5. The van der Waals surface area contributed by atoms with Crippen molar-refractivity contribution in [1.29, 1.82) is 0 Å². The molecule has 0 aliphatic carbocycles. The van der Waals surface area contributed by atoms with E-state index < -0.39 is 0 Å². The number of hydrogen-bond donors (Lipinski definition) is 2. The van der Waals surface area contributed by atoms with E-state index in [1.165, 1.54) is 0 Å². The van der Waals surface area contributed by atoms with Crippen LogP contribution < -0.4 is 10.9 Å². The van der Waals surface area contributed by atoms with Gasteiger partial charge in [0.05, 0.1) is 12.8 Å². The average Bonchev–Trinajstić information content (AvgIpc) is 3.26. The molecular weight excluding hydrogens is 360 g/mol. The van der Waals surface area contributed by atoms with E-state index in [9.17, 15) is 14.4 Å². The molecule has 9 nitrogen and oxygen atoms in total. The number of nitrogens with one attached hydrogen (secondary N) is 2. The number of carbonyl (C=O) groups excluding carboxylic acids is 2. The van der Waals surface area contributed by atoms with Gasteiger partial charge in [0.1, 0.15) is 5.82 Å². The lowest BCUT2D eigenvalue weighted by Gasteiger charge is -2.17. The van der Waals surface area contributed by atoms with Crippen LogP contribution in [0.1, 0.15) is 29.2 Å². The number of carbonyl (C=O) groups is 2. The molecule has 3 rings (SSSR count). The van der Waals surface area contributed by atoms with Crippen LogP contribution in [0.2, 0.25) is 0 Å². The van der Waals surface area contributed by atoms with Gasteiger partial charge in [-0.15, -0.1) is 0 Å². The number of amides is 2. The lowest BCUT2D eigenvalue weighted by atomic mass is 10.1. The normalized spacial score (nSPS) is 16.4. The number of aryl methyl sites for hydroxylation is 3. The molecule has 9 heteroatoms. The van der Waals surface area contributed by atoms with Crippen molar-refractivity contribution in [3.05, 3.63) is 45.4 Å². The van der Waals surface area contributed by atoms with Crippen LogP contribution in [-0.4, -0.2) is 56.1 Å². The number of nitrogens with zero attached hydrogens (tertiary/aromatic N) is 4. The summed E-state index contributed by atoms with van der Waals surface area (Å²) >= 11 is 0. The Morgan fingerprint density at radius 2 is 2.11 bits per heavy atom. The predicted octanol–water partition coefficient (Wildman–Crippen LogP) is -0.130. The molecule has 2 aromatic rings. The number of aromatic nitrogens is 4. The third kappa shape index (κ3) is 4.65. The van der Waals surface area contributed by atoms with Gasteiger partial charge in [0.25, 0.3) is 5.56 Å². The topological polar surface area (TPSA) is 113 Å². The monoisotopic (exact) mass is 386 g/mol. The van der Waals surface area contributed by atoms with E-state index in [-0.39, 0.29) is 36.1 Å². The number of hydrogen-bond acceptors (Lipinski definition) is 5. The average molecular weight is 386 g/mol. The molecule has 0 aromatic carbocycles. The molecule has 1 fully saturated rings. The minimum Gasteiger partial charge on any atom is -0.355 e. The maximum absolute atomic E-state index is 12.6. The lowest BCUT2D eigenvalue weighted by molar-refractivity contribution is -0.129. The highest BCUT2D eigenvalue weighted by molar-refractivity contribution is 5.79. The lowest BCUT2D eigenvalue weighted by Crippen LogP contribution is -2.35. The minimum absolute atomic E-state index is 0.0496. The molecular formula is C19H26N6O3. The van der Waals surface area contributed by atoms with Crippen LogP contribution in [0.3, 0.4) is 0 Å². The van der Waals surface area contributed by atoms with E-state index in [0.29, 0.717) is 36.7 Å². The van der Waals surface area contributed by atoms with Crippen LogP contribution >= 0.6 is 0 Å². The van der Waals surface area contributed by atoms with Crippen LogP contribution in [0.4, 0.5) is 0 Å². The molecule has 3 heterocycles. The first-order chi connectivity index (χ1) is 13.3. The number of rotatable bonds is 6. The number of H-pyrrole nitrogens is 1. The summed E-state index contributed by atoms with van der Waals surface area (Å²) in [5, 5.41) is 6.99. The van der Waals surface area contributed by atoms with Gasteiger partial charge in [-0.2, -0.15) is 5.10 Å². The van der Waals surface area contributed by atoms with Crippen molar-refractivity contribution >= 4 is 11.8 Å². The van der Waals surface area contributed by atoms with Crippen LogP contribution in [0.5, 0.6) is 0 Å². The highest BCUT2D eigenvalue weighted by Crippen LogP contribution is 2.17. The maximum atomic E-state index is 12.6. The number of likely N-dealkylation sites (tertiary alicyclic amines) is 1. The molecule has 1 atom stereocenters. The summed E-state index contributed by atoms with van der Waals surface area (Å²) in [6.45, 7) is 5.22. The Bertz CT molecular complexity index is 932. The van der Waals surface area contributed by atoms with Crippen molar-refractivity contribution in [2.24, 2.45) is 13.0 Å². The Balaban J connectivity index is 1.48. The zero-order chi connectivity index (χ0) is 20.3. The fourth-order valence-electron chi connectivity index (χ4n) is 3.51. The summed E-state index contributed by atoms with van der Waals surface area (Å²) in [6.07, 6.45) is 2.83. The van der Waals surface area contributed by atoms with Crippen molar-refractivity contribution in [1.82, 2.24) is 30.0 Å². The summed E-state index contributed by atoms with van der Waals surface area (Å²) in [7, 11) is 1.80. The molecule has 0 radical (unpaired) electrons. The van der Waals surface area contributed by atoms with Gasteiger partial charge in [-0.1, -0.05) is 0 Å². The van der Waals surface area contributed by atoms with Gasteiger partial charge in [0, 0.05) is 49.8 Å². The number of aromatic amines is 1. The second kappa shape index (κ2) is 8.37. The van der Waals surface area contributed by atoms with Gasteiger partial charge < -0.3 is 15.2 Å². The first-order valence-corrected chi connectivity index (χ1v) is 9.41. The van der Waals surface area contributed by atoms with Crippen LogP contribution in [0, 0.1) is 19.8 Å². The van der Waals surface area contributed by atoms with Crippen molar-refractivity contribution in [2.45, 2.75) is 33.1 Å². The second-order valence-corrected chi connectivity index (χ2v) is 7.31. The van der Waals surface area contributed by atoms with E-state index in [4.69, 9.17) is 0 Å². The van der Waals surface area contributed by atoms with Crippen LogP contribution in [0.25, 0.3) is 0 Å². The van der Waals surface area contributed by atoms with E-state index in [1.54, 1.807) is 36.7 Å². The van der Waals surface area contributed by atoms with Crippen molar-refractivity contribution in [3.63, 3.8) is 0 Å². The van der Waals surface area contributed by atoms with Gasteiger partial charge in [0.2, 0.25) is 11.8 Å². The van der Waals surface area contributed by atoms with E-state index in [1.807, 2.05) is 6.07 Å². The molecule has 2 aromatic heterocycles. The van der Waals surface area contributed by atoms with Crippen molar-refractivity contribution < 1.29 is 9.59 Å². The van der Waals surface area contributed by atoms with Gasteiger partial charge >= 0.3 is 0 Å². The largest absolute Gasteiger partial charge is 0.355 e. The van der Waals surface area contributed by atoms with Gasteiger partial charge in [0.15, 0.2) is 0 Å². The summed E-state index contributed by atoms with van der Waals surface area (Å²) < 4.78 is 1.68. The molecule has 2 amide bonds. The summed E-state index contributed by atoms with van der Waals surface area (Å²) in [6, 6.07) is 1.82. The first-order valence-electron chi connectivity index (χ1n) is 9.41. The summed E-state index contributed by atoms with van der Waals surface area (Å²) in [4.78, 5) is 45.4. The molecule has 0 saturated carbocycles. The Morgan fingerprint density at radius 3 is 2.79 bits per heavy atom. The molecule has 1 aliphatic rings. The van der Waals surface area contributed by atoms with Crippen LogP contribution in [-0.2, 0) is 29.5 Å². The molecule has 28 heavy (non-hydrogen) atoms. The summed E-state index contributed by atoms with van der Waals surface area (Å²) in [5.74, 6) is 0.626. The van der Waals surface area contributed by atoms with Crippen LogP contribution in [0.15, 0.2) is 17.1 Å². The van der Waals surface area contributed by atoms with Gasteiger partial charge in [-0.05, 0) is 32.3 Å². The van der Waals surface area contributed by atoms with E-state index in [2.05, 4.69) is 20.4 Å². The van der Waals surface area contributed by atoms with Crippen molar-refractivity contribution in [2.75, 3.05) is 19.6 Å². The Labute approximate surface area is 163 Å². The quantitative estimate of drug-likeness (QED) is 0.718. The highest BCUT2D eigenvalue weighted by Gasteiger charge is 2.27. The molecule has 0 bridgehead atoms. The Kier molecular flexibility index (Phi) is 5.91. The molecule has 2 N–H and O–H groups in total. The highest BCUT2D eigenvalue weighted by atomic mass is 16.2. The van der Waals surface area contributed by atoms with Gasteiger partial charge in [-0.25, -0.2) is 4.98 Å². The smallest absolute Gasteiger partial charge is 0.254 e. The van der Waals surface area contributed by atoms with E-state index >= 15 is 0 Å². The zero-order valence-corrected chi connectivity index (χ0v) is 16.5. The molecule has 150 valence electrons. The van der Waals surface area contributed by atoms with E-state index in [0.717, 1.165) is 12.1 Å². The third-order valence-corrected chi connectivity index (χ3v) is 5.16. The SMILES string of the molecule is Cc1nc(C)c(CC(=O)N2CCC(CNC(=O)Cc3ccnn3C)C2)c(=O)[nH]1. The molecule has 0 spiro atoms. The predicted molar refractivity (Wildman–Crippen MR) is 103 cm³/mol. The summed E-state index contributed by atoms with van der Waals surface area (Å²) in [5.41, 5.74) is 1.61. The van der Waals surface area contributed by atoms with Gasteiger partial charge in [-0.3, -0.25) is 19.1 Å². The first kappa shape index (κ1) is 19.8. The Hall–Kier alpha value is -2.97. The minimum atomic E-state index is -0.253. The third-order valence-electron chi connectivity index (χ3n) is 5.16. The standard InChI is InChI=1S/C19H26N6O3/c1-12-16(19(28)23-13(2)22-12)9-18(27)25-7-5-14(11-25)10-20-17(26)8-15-4-6-21-24(15)3/h4,6,14H,5,7-11H2,1-3H3,(H,20,26)(H,22,23,28). The molecule has 1 aliphatic heterocycles. The Morgan fingerprint density at radius 1 is 1.32 bits per heavy atom. The van der Waals surface area contributed by atoms with Crippen molar-refractivity contribution in [3.8, 4) is 0 Å². The molecule has 1 unspecified atom stereocenters. The fourth-order valence-corrected chi connectivity index (χ4v) is 3.51.